The summed E-state index contributed by atoms with van der Waals surface area (Å²) in [5.74, 6) is 0. The highest BCUT2D eigenvalue weighted by Crippen LogP contribution is 2.33. The molecule has 0 spiro atoms. The highest BCUT2D eigenvalue weighted by atomic mass is 28.5. The second-order valence-corrected chi connectivity index (χ2v) is 22.1. The van der Waals surface area contributed by atoms with Crippen molar-refractivity contribution in [3.05, 3.63) is 25.7 Å². The van der Waals surface area contributed by atoms with E-state index in [-0.39, 0.29) is 19.3 Å². The Hall–Kier alpha value is -1.62. The Balaban J connectivity index is 4.93. The zero-order valence-electron chi connectivity index (χ0n) is 22.0. The second-order valence-electron chi connectivity index (χ2n) is 9.65. The van der Waals surface area contributed by atoms with Crippen molar-refractivity contribution in [2.45, 2.75) is 89.1 Å². The molecule has 0 rings (SSSR count). The number of ether oxygens (including phenoxy) is 4. The first kappa shape index (κ1) is 34.4. The summed E-state index contributed by atoms with van der Waals surface area (Å²) in [6, 6.07) is 1.20. The van der Waals surface area contributed by atoms with Gasteiger partial charge in [0.2, 0.25) is 0 Å². The molecule has 0 radical (unpaired) electrons. The van der Waals surface area contributed by atoms with Crippen molar-refractivity contribution in [2.75, 3.05) is 13.2 Å². The molecule has 210 valence electrons. The predicted molar refractivity (Wildman–Crippen MR) is 138 cm³/mol. The maximum atomic E-state index is 13.1. The lowest BCUT2D eigenvalue weighted by atomic mass is 10.4. The Bertz CT molecular complexity index is 657. The molecule has 0 aliphatic heterocycles. The molecule has 0 aromatic carbocycles. The van der Waals surface area contributed by atoms with Crippen LogP contribution in [0.1, 0.15) is 32.1 Å². The van der Waals surface area contributed by atoms with Gasteiger partial charge in [0.25, 0.3) is 0 Å². The molecule has 0 aliphatic carbocycles. The van der Waals surface area contributed by atoms with E-state index in [9.17, 15) is 22.8 Å². The molecule has 0 atom stereocenters. The van der Waals surface area contributed by atoms with Gasteiger partial charge in [0, 0.05) is 6.42 Å². The van der Waals surface area contributed by atoms with E-state index in [1.807, 2.05) is 26.2 Å². The Morgan fingerprint density at radius 3 is 1.44 bits per heavy atom. The van der Waals surface area contributed by atoms with Crippen LogP contribution in [-0.2, 0) is 27.2 Å². The van der Waals surface area contributed by atoms with Gasteiger partial charge in [-0.05, 0) is 63.7 Å². The smallest absolute Gasteiger partial charge is 0.436 e. The molecule has 0 unspecified atom stereocenters. The molecule has 14 heteroatoms. The topological polar surface area (TPSA) is 89.5 Å². The number of carbonyl (C=O) groups is 2. The minimum Gasteiger partial charge on any atom is -0.436 e. The quantitative estimate of drug-likeness (QED) is 0.0715. The van der Waals surface area contributed by atoms with Crippen LogP contribution < -0.4 is 0 Å². The van der Waals surface area contributed by atoms with Gasteiger partial charge in [0.1, 0.15) is 0 Å². The number of hydrogen-bond donors (Lipinski definition) is 0. The van der Waals surface area contributed by atoms with E-state index in [1.165, 1.54) is 0 Å². The van der Waals surface area contributed by atoms with E-state index < -0.39 is 50.1 Å². The summed E-state index contributed by atoms with van der Waals surface area (Å²) >= 11 is 0. The van der Waals surface area contributed by atoms with E-state index in [4.69, 9.17) is 17.7 Å². The largest absolute Gasteiger partial charge is 0.513 e. The monoisotopic (exact) mass is 574 g/mol. The van der Waals surface area contributed by atoms with Crippen LogP contribution in [0.2, 0.25) is 50.9 Å². The van der Waals surface area contributed by atoms with Gasteiger partial charge >= 0.3 is 27.0 Å². The van der Waals surface area contributed by atoms with Gasteiger partial charge in [0.05, 0.1) is 25.7 Å². The van der Waals surface area contributed by atoms with Gasteiger partial charge < -0.3 is 27.2 Å². The van der Waals surface area contributed by atoms with Crippen molar-refractivity contribution in [3.63, 3.8) is 0 Å². The van der Waals surface area contributed by atoms with Crippen molar-refractivity contribution >= 4 is 37.5 Å². The molecule has 0 fully saturated rings. The number of halogens is 3. The highest BCUT2D eigenvalue weighted by Gasteiger charge is 2.45. The first-order valence-corrected chi connectivity index (χ1v) is 20.6. The third-order valence-electron chi connectivity index (χ3n) is 4.99. The van der Waals surface area contributed by atoms with Crippen LogP contribution >= 0.6 is 0 Å². The Morgan fingerprint density at radius 2 is 1.11 bits per heavy atom. The Labute approximate surface area is 215 Å². The van der Waals surface area contributed by atoms with Crippen molar-refractivity contribution in [3.8, 4) is 0 Å². The molecule has 0 aliphatic rings. The van der Waals surface area contributed by atoms with Crippen molar-refractivity contribution < 1.29 is 49.9 Å². The first-order valence-electron chi connectivity index (χ1n) is 11.9. The lowest BCUT2D eigenvalue weighted by Crippen LogP contribution is -2.54. The van der Waals surface area contributed by atoms with Crippen LogP contribution in [-0.4, -0.2) is 56.9 Å². The van der Waals surface area contributed by atoms with Gasteiger partial charge in [-0.3, -0.25) is 0 Å². The second kappa shape index (κ2) is 16.3. The maximum absolute atomic E-state index is 13.1. The molecule has 0 amide bonds. The number of alkyl halides is 3. The molecule has 0 N–H and O–H groups in total. The minimum atomic E-state index is -4.30. The van der Waals surface area contributed by atoms with Crippen LogP contribution in [0.4, 0.5) is 22.8 Å². The fraction of sp³-hybridized carbons (Fsp3) is 0.727. The third-order valence-corrected chi connectivity index (χ3v) is 17.1. The molecule has 0 heterocycles. The Kier molecular flexibility index (Phi) is 15.5. The van der Waals surface area contributed by atoms with E-state index in [0.29, 0.717) is 37.8 Å². The summed E-state index contributed by atoms with van der Waals surface area (Å²) in [4.78, 5) is 22.4. The summed E-state index contributed by atoms with van der Waals surface area (Å²) in [7, 11) is -7.89. The fourth-order valence-electron chi connectivity index (χ4n) is 3.58. The summed E-state index contributed by atoms with van der Waals surface area (Å²) in [5.41, 5.74) is 0. The van der Waals surface area contributed by atoms with Gasteiger partial charge in [-0.25, -0.2) is 9.59 Å². The average molecular weight is 575 g/mol. The van der Waals surface area contributed by atoms with E-state index in [2.05, 4.69) is 22.6 Å². The zero-order valence-corrected chi connectivity index (χ0v) is 25.0. The number of rotatable bonds is 18. The van der Waals surface area contributed by atoms with Crippen molar-refractivity contribution in [1.82, 2.24) is 0 Å². The SMILES string of the molecule is C=COC(=O)OCCCC[Si](C)(C)O[Si](C)(CCC(F)(F)F)O[Si](C)(C)CCCCOC(=O)OC=C. The molecule has 0 aromatic rings. The first-order chi connectivity index (χ1) is 16.5. The number of unbranched alkanes of at least 4 members (excludes halogenated alkanes) is 2. The fourth-order valence-corrected chi connectivity index (χ4v) is 18.0. The van der Waals surface area contributed by atoms with Gasteiger partial charge in [-0.1, -0.05) is 26.0 Å². The number of hydrogen-bond acceptors (Lipinski definition) is 8. The molecule has 0 saturated carbocycles. The molecule has 8 nitrogen and oxygen atoms in total. The minimum absolute atomic E-state index is 0.170. The van der Waals surface area contributed by atoms with Crippen LogP contribution in [0.25, 0.3) is 0 Å². The van der Waals surface area contributed by atoms with Crippen LogP contribution in [0.15, 0.2) is 25.7 Å². The molecular formula is C22H41F3O8Si3. The standard InChI is InChI=1S/C22H41F3O8Si3/c1-8-28-20(26)30-15-10-12-17-34(3,4)32-36(7,19-14-22(23,24)25)33-35(5,6)18-13-11-16-31-21(27)29-9-2/h8-9H,1-2,10-19H2,3-7H3. The highest BCUT2D eigenvalue weighted by molar-refractivity contribution is 6.88. The van der Waals surface area contributed by atoms with E-state index in [1.54, 1.807) is 6.55 Å². The lowest BCUT2D eigenvalue weighted by Gasteiger charge is -2.41. The molecule has 0 bridgehead atoms. The van der Waals surface area contributed by atoms with Crippen LogP contribution in [0.3, 0.4) is 0 Å². The van der Waals surface area contributed by atoms with Gasteiger partial charge in [-0.2, -0.15) is 13.2 Å². The normalized spacial score (nSPS) is 12.6. The third kappa shape index (κ3) is 18.6. The lowest BCUT2D eigenvalue weighted by molar-refractivity contribution is -0.131. The van der Waals surface area contributed by atoms with Gasteiger partial charge in [-0.15, -0.1) is 0 Å². The summed E-state index contributed by atoms with van der Waals surface area (Å²) in [5, 5.41) is 0. The van der Waals surface area contributed by atoms with Crippen LogP contribution in [0, 0.1) is 0 Å². The molecule has 0 saturated heterocycles. The summed E-state index contributed by atoms with van der Waals surface area (Å²) in [6.45, 7) is 16.5. The number of carbonyl (C=O) groups excluding carboxylic acids is 2. The van der Waals surface area contributed by atoms with Crippen molar-refractivity contribution in [1.29, 1.82) is 0 Å². The van der Waals surface area contributed by atoms with Crippen LogP contribution in [0.5, 0.6) is 0 Å². The maximum Gasteiger partial charge on any atom is 0.513 e. The average Bonchev–Trinajstić information content (AvgIpc) is 2.71. The van der Waals surface area contributed by atoms with Gasteiger partial charge in [0.15, 0.2) is 16.6 Å². The van der Waals surface area contributed by atoms with Crippen molar-refractivity contribution in [2.24, 2.45) is 0 Å². The van der Waals surface area contributed by atoms with E-state index in [0.717, 1.165) is 12.5 Å². The summed E-state index contributed by atoms with van der Waals surface area (Å²) < 4.78 is 70.9. The molecular weight excluding hydrogens is 533 g/mol. The molecule has 0 aromatic heterocycles. The Morgan fingerprint density at radius 1 is 0.722 bits per heavy atom. The molecule has 36 heavy (non-hydrogen) atoms. The zero-order chi connectivity index (χ0) is 27.9. The predicted octanol–water partition coefficient (Wildman–Crippen LogP) is 7.61. The van der Waals surface area contributed by atoms with E-state index >= 15 is 0 Å². The summed E-state index contributed by atoms with van der Waals surface area (Å²) in [6.07, 6.45) is -2.39.